The van der Waals surface area contributed by atoms with Crippen LogP contribution >= 0.6 is 0 Å². The largest absolute Gasteiger partial charge is 0.675 e. The molecule has 0 aromatic rings. The van der Waals surface area contributed by atoms with Crippen LogP contribution in [-0.4, -0.2) is 6.04 Å². The minimum atomic E-state index is 0. The summed E-state index contributed by atoms with van der Waals surface area (Å²) in [6.07, 6.45) is 0.972. The maximum Gasteiger partial charge on any atom is 0 e. The van der Waals surface area contributed by atoms with Crippen LogP contribution in [0.5, 0.6) is 0 Å². The van der Waals surface area contributed by atoms with Crippen molar-refractivity contribution in [2.75, 3.05) is 0 Å². The minimum Gasteiger partial charge on any atom is -0.675 e. The zero-order chi connectivity index (χ0) is 4.28. The molecular weight excluding hydrogens is 289 g/mol. The molecular formula is C4H10AcN-. The predicted octanol–water partition coefficient (Wildman–Crippen LogP) is 1.84. The smallest absolute Gasteiger partial charge is 0 e. The van der Waals surface area contributed by atoms with Gasteiger partial charge in [-0.3, -0.25) is 0 Å². The standard InChI is InChI=1S/C4H10N.Ac/c1-3-4(2)5;/h4-5H,3H2,1-2H3;/q-1;/t4-;/m0./s1. The van der Waals surface area contributed by atoms with E-state index in [-0.39, 0.29) is 50.1 Å². The molecule has 0 heterocycles. The van der Waals surface area contributed by atoms with E-state index in [2.05, 4.69) is 0 Å². The second-order valence-corrected chi connectivity index (χ2v) is 1.31. The Balaban J connectivity index is 0. The summed E-state index contributed by atoms with van der Waals surface area (Å²) in [4.78, 5) is 0. The molecule has 0 amide bonds. The van der Waals surface area contributed by atoms with Gasteiger partial charge in [-0.15, -0.1) is 6.04 Å². The maximum absolute atomic E-state index is 6.83. The van der Waals surface area contributed by atoms with E-state index in [1.54, 1.807) is 0 Å². The Hall–Kier alpha value is 1.40. The van der Waals surface area contributed by atoms with Gasteiger partial charge in [0.05, 0.1) is 0 Å². The summed E-state index contributed by atoms with van der Waals surface area (Å²) in [7, 11) is 0. The van der Waals surface area contributed by atoms with Crippen LogP contribution in [0, 0.1) is 44.1 Å². The Bertz CT molecular complexity index is 21.5. The molecule has 1 radical (unpaired) electrons. The second-order valence-electron chi connectivity index (χ2n) is 1.31. The molecule has 0 aliphatic carbocycles. The molecule has 0 rings (SSSR count). The van der Waals surface area contributed by atoms with E-state index in [4.69, 9.17) is 5.73 Å². The summed E-state index contributed by atoms with van der Waals surface area (Å²) >= 11 is 0. The zero-order valence-electron chi connectivity index (χ0n) is 4.36. The monoisotopic (exact) mass is 299 g/mol. The Kier molecular flexibility index (Phi) is 11.1. The van der Waals surface area contributed by atoms with Crippen LogP contribution in [0.3, 0.4) is 0 Å². The third-order valence-corrected chi connectivity index (χ3v) is 0.612. The van der Waals surface area contributed by atoms with Crippen LogP contribution < -0.4 is 0 Å². The molecule has 0 aromatic heterocycles. The number of nitrogens with one attached hydrogen (secondary N) is 1. The first-order valence-electron chi connectivity index (χ1n) is 1.98. The number of hydrogen-bond acceptors (Lipinski definition) is 0. The summed E-state index contributed by atoms with van der Waals surface area (Å²) < 4.78 is 0. The number of hydrogen-bond donors (Lipinski definition) is 0. The average molecular weight is 299 g/mol. The van der Waals surface area contributed by atoms with Gasteiger partial charge < -0.3 is 5.73 Å². The molecule has 0 saturated heterocycles. The first-order chi connectivity index (χ1) is 2.27. The van der Waals surface area contributed by atoms with Crippen molar-refractivity contribution in [1.29, 1.82) is 0 Å². The molecule has 0 aliphatic rings. The second kappa shape index (κ2) is 6.40. The topological polar surface area (TPSA) is 23.8 Å². The van der Waals surface area contributed by atoms with E-state index in [0.717, 1.165) is 6.42 Å². The predicted molar refractivity (Wildman–Crippen MR) is 24.1 cm³/mol. The van der Waals surface area contributed by atoms with E-state index < -0.39 is 0 Å². The number of rotatable bonds is 1. The van der Waals surface area contributed by atoms with Gasteiger partial charge in [0.1, 0.15) is 0 Å². The van der Waals surface area contributed by atoms with Crippen molar-refractivity contribution in [2.45, 2.75) is 26.3 Å². The van der Waals surface area contributed by atoms with Crippen LogP contribution in [-0.2, 0) is 0 Å². The molecule has 1 nitrogen and oxygen atoms in total. The van der Waals surface area contributed by atoms with E-state index in [1.165, 1.54) is 0 Å². The van der Waals surface area contributed by atoms with E-state index in [0.29, 0.717) is 0 Å². The van der Waals surface area contributed by atoms with E-state index in [1.807, 2.05) is 13.8 Å². The first kappa shape index (κ1) is 10.4. The quantitative estimate of drug-likeness (QED) is 0.705. The van der Waals surface area contributed by atoms with E-state index >= 15 is 0 Å². The molecule has 0 spiro atoms. The molecule has 0 saturated carbocycles. The van der Waals surface area contributed by atoms with Crippen molar-refractivity contribution in [1.82, 2.24) is 0 Å². The van der Waals surface area contributed by atoms with Crippen LogP contribution in [0.2, 0.25) is 0 Å². The Morgan fingerprint density at radius 3 is 1.83 bits per heavy atom. The van der Waals surface area contributed by atoms with Gasteiger partial charge in [-0.25, -0.2) is 0 Å². The first-order valence-corrected chi connectivity index (χ1v) is 1.98. The van der Waals surface area contributed by atoms with Gasteiger partial charge in [-0.05, 0) is 0 Å². The molecule has 0 aromatic carbocycles. The summed E-state index contributed by atoms with van der Waals surface area (Å²) in [6, 6.07) is 0.134. The van der Waals surface area contributed by atoms with Gasteiger partial charge in [0.25, 0.3) is 0 Å². The van der Waals surface area contributed by atoms with Crippen LogP contribution in [0.4, 0.5) is 0 Å². The summed E-state index contributed by atoms with van der Waals surface area (Å²) in [6.45, 7) is 3.90. The normalized spacial score (nSPS) is 12.5. The van der Waals surface area contributed by atoms with Crippen molar-refractivity contribution >= 4 is 0 Å². The van der Waals surface area contributed by atoms with Crippen molar-refractivity contribution < 1.29 is 44.1 Å². The van der Waals surface area contributed by atoms with Crippen LogP contribution in [0.15, 0.2) is 0 Å². The minimum absolute atomic E-state index is 0. The molecule has 1 atom stereocenters. The molecule has 6 heavy (non-hydrogen) atoms. The summed E-state index contributed by atoms with van der Waals surface area (Å²) in [5, 5.41) is 0. The average Bonchev–Trinajstić information content (AvgIpc) is 1.38. The van der Waals surface area contributed by atoms with Gasteiger partial charge >= 0.3 is 0 Å². The van der Waals surface area contributed by atoms with Gasteiger partial charge in [-0.2, -0.15) is 0 Å². The van der Waals surface area contributed by atoms with Gasteiger partial charge in [0, 0.05) is 44.1 Å². The SMILES string of the molecule is CC[C@H](C)[NH-].[Ac]. The Morgan fingerprint density at radius 1 is 1.67 bits per heavy atom. The summed E-state index contributed by atoms with van der Waals surface area (Å²) in [5.41, 5.74) is 6.83. The van der Waals surface area contributed by atoms with Crippen molar-refractivity contribution in [3.05, 3.63) is 5.73 Å². The van der Waals surface area contributed by atoms with Crippen LogP contribution in [0.1, 0.15) is 20.3 Å². The molecule has 0 unspecified atom stereocenters. The molecule has 0 fully saturated rings. The van der Waals surface area contributed by atoms with Gasteiger partial charge in [0.15, 0.2) is 0 Å². The zero-order valence-corrected chi connectivity index (χ0v) is 9.11. The van der Waals surface area contributed by atoms with Crippen molar-refractivity contribution in [3.63, 3.8) is 0 Å². The maximum atomic E-state index is 6.83. The Labute approximate surface area is 75.2 Å². The molecule has 0 aliphatic heterocycles. The van der Waals surface area contributed by atoms with E-state index in [9.17, 15) is 0 Å². The van der Waals surface area contributed by atoms with Gasteiger partial charge in [-0.1, -0.05) is 20.3 Å². The fraction of sp³-hybridized carbons (Fsp3) is 1.00. The fourth-order valence-corrected chi connectivity index (χ4v) is 0. The van der Waals surface area contributed by atoms with Crippen molar-refractivity contribution in [2.24, 2.45) is 0 Å². The molecule has 35 valence electrons. The third kappa shape index (κ3) is 9.04. The molecule has 2 heteroatoms. The van der Waals surface area contributed by atoms with Crippen molar-refractivity contribution in [3.8, 4) is 0 Å². The third-order valence-electron chi connectivity index (χ3n) is 0.612. The summed E-state index contributed by atoms with van der Waals surface area (Å²) in [5.74, 6) is 0. The molecule has 1 N–H and O–H groups in total. The molecule has 0 bridgehead atoms. The van der Waals surface area contributed by atoms with Gasteiger partial charge in [0.2, 0.25) is 0 Å². The van der Waals surface area contributed by atoms with Crippen LogP contribution in [0.25, 0.3) is 5.73 Å². The fourth-order valence-electron chi connectivity index (χ4n) is 0. The Morgan fingerprint density at radius 2 is 1.83 bits per heavy atom.